The fraction of sp³-hybridized carbons (Fsp3) is 0.375. The highest BCUT2D eigenvalue weighted by atomic mass is 16.3. The number of nitrogen functional groups attached to an aromatic ring is 1. The Kier molecular flexibility index (Phi) is 3.75. The molecule has 1 aromatic carbocycles. The van der Waals surface area contributed by atoms with Crippen LogP contribution >= 0.6 is 0 Å². The minimum absolute atomic E-state index is 0.0617. The molecule has 3 N–H and O–H groups in total. The lowest BCUT2D eigenvalue weighted by molar-refractivity contribution is 0.112. The molecule has 1 aliphatic rings. The average molecular weight is 285 g/mol. The van der Waals surface area contributed by atoms with Crippen LogP contribution in [0.25, 0.3) is 11.3 Å². The maximum absolute atomic E-state index is 11.3. The summed E-state index contributed by atoms with van der Waals surface area (Å²) in [5.74, 6) is 0.312. The van der Waals surface area contributed by atoms with Gasteiger partial charge in [-0.25, -0.2) is 4.68 Å². The molecule has 0 radical (unpaired) electrons. The quantitative estimate of drug-likeness (QED) is 0.840. The van der Waals surface area contributed by atoms with Gasteiger partial charge < -0.3 is 10.8 Å². The van der Waals surface area contributed by atoms with Crippen LogP contribution in [-0.4, -0.2) is 27.8 Å². The number of carbonyl (C=O) groups excluding carboxylic acids is 1. The number of aryl methyl sites for hydroxylation is 2. The Labute approximate surface area is 123 Å². The summed E-state index contributed by atoms with van der Waals surface area (Å²) < 4.78 is 1.48. The van der Waals surface area contributed by atoms with Crippen LogP contribution in [0.3, 0.4) is 0 Å². The molecule has 0 amide bonds. The highest BCUT2D eigenvalue weighted by Crippen LogP contribution is 2.30. The van der Waals surface area contributed by atoms with Gasteiger partial charge in [0, 0.05) is 5.56 Å². The predicted molar refractivity (Wildman–Crippen MR) is 81.2 cm³/mol. The summed E-state index contributed by atoms with van der Waals surface area (Å²) in [5, 5.41) is 13.4. The highest BCUT2D eigenvalue weighted by Gasteiger charge is 2.18. The van der Waals surface area contributed by atoms with Crippen LogP contribution in [0, 0.1) is 0 Å². The van der Waals surface area contributed by atoms with Crippen LogP contribution in [0.2, 0.25) is 0 Å². The van der Waals surface area contributed by atoms with Crippen molar-refractivity contribution in [2.24, 2.45) is 0 Å². The molecule has 0 saturated carbocycles. The molecular formula is C16H19N3O2. The molecule has 5 heteroatoms. The van der Waals surface area contributed by atoms with Gasteiger partial charge in [-0.15, -0.1) is 0 Å². The van der Waals surface area contributed by atoms with Gasteiger partial charge in [0.25, 0.3) is 0 Å². The molecule has 0 unspecified atom stereocenters. The Morgan fingerprint density at radius 2 is 2.05 bits per heavy atom. The molecule has 5 nitrogen and oxygen atoms in total. The van der Waals surface area contributed by atoms with E-state index in [0.717, 1.165) is 24.7 Å². The van der Waals surface area contributed by atoms with Crippen molar-refractivity contribution in [3.05, 3.63) is 34.9 Å². The van der Waals surface area contributed by atoms with Crippen LogP contribution in [0.1, 0.15) is 34.3 Å². The molecule has 21 heavy (non-hydrogen) atoms. The number of nitrogens with two attached hydrogens (primary N) is 1. The zero-order chi connectivity index (χ0) is 14.8. The highest BCUT2D eigenvalue weighted by molar-refractivity contribution is 5.91. The van der Waals surface area contributed by atoms with Crippen molar-refractivity contribution in [3.63, 3.8) is 0 Å². The van der Waals surface area contributed by atoms with Gasteiger partial charge in [0.05, 0.1) is 18.7 Å². The van der Waals surface area contributed by atoms with E-state index in [-0.39, 0.29) is 13.2 Å². The molecule has 0 fully saturated rings. The van der Waals surface area contributed by atoms with E-state index in [2.05, 4.69) is 17.2 Å². The first-order valence-electron chi connectivity index (χ1n) is 7.29. The van der Waals surface area contributed by atoms with Crippen LogP contribution in [-0.2, 0) is 19.4 Å². The van der Waals surface area contributed by atoms with Crippen LogP contribution in [0.4, 0.5) is 5.82 Å². The van der Waals surface area contributed by atoms with Gasteiger partial charge in [0.1, 0.15) is 11.5 Å². The SMILES string of the molecule is Nc1c(C=O)c(-c2ccc3c(c2)CCCC3)nn1CCO. The van der Waals surface area contributed by atoms with Gasteiger partial charge in [-0.05, 0) is 42.9 Å². The van der Waals surface area contributed by atoms with E-state index in [4.69, 9.17) is 10.8 Å². The molecule has 110 valence electrons. The molecular weight excluding hydrogens is 266 g/mol. The van der Waals surface area contributed by atoms with E-state index in [1.165, 1.54) is 28.7 Å². The Morgan fingerprint density at radius 1 is 1.29 bits per heavy atom. The first-order valence-corrected chi connectivity index (χ1v) is 7.29. The van der Waals surface area contributed by atoms with Gasteiger partial charge in [-0.2, -0.15) is 5.10 Å². The number of hydrogen-bond acceptors (Lipinski definition) is 4. The van der Waals surface area contributed by atoms with Crippen LogP contribution in [0.15, 0.2) is 18.2 Å². The molecule has 0 saturated heterocycles. The summed E-state index contributed by atoms with van der Waals surface area (Å²) in [7, 11) is 0. The molecule has 1 aliphatic carbocycles. The number of anilines is 1. The van der Waals surface area contributed by atoms with Gasteiger partial charge in [0.15, 0.2) is 6.29 Å². The van der Waals surface area contributed by atoms with E-state index in [0.29, 0.717) is 17.1 Å². The number of fused-ring (bicyclic) bond motifs is 1. The van der Waals surface area contributed by atoms with Crippen molar-refractivity contribution in [2.45, 2.75) is 32.2 Å². The average Bonchev–Trinajstić information content (AvgIpc) is 2.83. The maximum Gasteiger partial charge on any atom is 0.156 e. The summed E-state index contributed by atoms with van der Waals surface area (Å²) in [6.07, 6.45) is 5.39. The predicted octanol–water partition coefficient (Wildman–Crippen LogP) is 1.82. The minimum Gasteiger partial charge on any atom is -0.394 e. The Morgan fingerprint density at radius 3 is 2.76 bits per heavy atom. The number of aliphatic hydroxyl groups is 1. The van der Waals surface area contributed by atoms with Gasteiger partial charge in [0.2, 0.25) is 0 Å². The van der Waals surface area contributed by atoms with Crippen molar-refractivity contribution >= 4 is 12.1 Å². The van der Waals surface area contributed by atoms with Gasteiger partial charge in [-0.3, -0.25) is 4.79 Å². The van der Waals surface area contributed by atoms with E-state index >= 15 is 0 Å². The third-order valence-corrected chi connectivity index (χ3v) is 4.08. The first kappa shape index (κ1) is 13.8. The summed E-state index contributed by atoms with van der Waals surface area (Å²) >= 11 is 0. The van der Waals surface area contributed by atoms with Crippen molar-refractivity contribution in [1.29, 1.82) is 0 Å². The Bertz CT molecular complexity index is 676. The topological polar surface area (TPSA) is 81.1 Å². The standard InChI is InChI=1S/C16H19N3O2/c17-16-14(10-21)15(18-19(16)7-8-20)13-6-5-11-3-1-2-4-12(11)9-13/h5-6,9-10,20H,1-4,7-8,17H2. The number of nitrogens with zero attached hydrogens (tertiary/aromatic N) is 2. The number of rotatable bonds is 4. The van der Waals surface area contributed by atoms with Crippen molar-refractivity contribution < 1.29 is 9.90 Å². The Hall–Kier alpha value is -2.14. The molecule has 0 aliphatic heterocycles. The lowest BCUT2D eigenvalue weighted by Crippen LogP contribution is -2.08. The van der Waals surface area contributed by atoms with Crippen molar-refractivity contribution in [3.8, 4) is 11.3 Å². The van der Waals surface area contributed by atoms with Crippen molar-refractivity contribution in [1.82, 2.24) is 9.78 Å². The van der Waals surface area contributed by atoms with Crippen LogP contribution in [0.5, 0.6) is 0 Å². The normalized spacial score (nSPS) is 14.0. The van der Waals surface area contributed by atoms with E-state index < -0.39 is 0 Å². The maximum atomic E-state index is 11.3. The van der Waals surface area contributed by atoms with E-state index in [9.17, 15) is 4.79 Å². The second-order valence-corrected chi connectivity index (χ2v) is 5.40. The lowest BCUT2D eigenvalue weighted by Gasteiger charge is -2.16. The fourth-order valence-electron chi connectivity index (χ4n) is 2.96. The smallest absolute Gasteiger partial charge is 0.156 e. The molecule has 2 aromatic rings. The van der Waals surface area contributed by atoms with Crippen LogP contribution < -0.4 is 5.73 Å². The Balaban J connectivity index is 2.07. The number of aldehydes is 1. The number of carbonyl (C=O) groups is 1. The lowest BCUT2D eigenvalue weighted by atomic mass is 9.89. The van der Waals surface area contributed by atoms with E-state index in [1.807, 2.05) is 6.07 Å². The summed E-state index contributed by atoms with van der Waals surface area (Å²) in [6.45, 7) is 0.228. The molecule has 1 heterocycles. The first-order chi connectivity index (χ1) is 10.2. The molecule has 1 aromatic heterocycles. The minimum atomic E-state index is -0.0617. The zero-order valence-electron chi connectivity index (χ0n) is 11.9. The zero-order valence-corrected chi connectivity index (χ0v) is 11.9. The number of hydrogen-bond donors (Lipinski definition) is 2. The van der Waals surface area contributed by atoms with Gasteiger partial charge >= 0.3 is 0 Å². The summed E-state index contributed by atoms with van der Waals surface area (Å²) in [5.41, 5.74) is 10.6. The monoisotopic (exact) mass is 285 g/mol. The second-order valence-electron chi connectivity index (χ2n) is 5.40. The van der Waals surface area contributed by atoms with Gasteiger partial charge in [-0.1, -0.05) is 12.1 Å². The number of aliphatic hydroxyl groups excluding tert-OH is 1. The van der Waals surface area contributed by atoms with E-state index in [1.54, 1.807) is 0 Å². The summed E-state index contributed by atoms with van der Waals surface area (Å²) in [4.78, 5) is 11.3. The number of aromatic nitrogens is 2. The molecule has 0 spiro atoms. The van der Waals surface area contributed by atoms with Crippen molar-refractivity contribution in [2.75, 3.05) is 12.3 Å². The third kappa shape index (κ3) is 2.45. The molecule has 0 atom stereocenters. The third-order valence-electron chi connectivity index (χ3n) is 4.08. The summed E-state index contributed by atoms with van der Waals surface area (Å²) in [6, 6.07) is 6.24. The molecule has 0 bridgehead atoms. The largest absolute Gasteiger partial charge is 0.394 e. The number of benzene rings is 1. The second kappa shape index (κ2) is 5.69. The fourth-order valence-corrected chi connectivity index (χ4v) is 2.96. The molecule has 3 rings (SSSR count).